The fourth-order valence-electron chi connectivity index (χ4n) is 3.32. The minimum atomic E-state index is 0.0148. The van der Waals surface area contributed by atoms with E-state index < -0.39 is 0 Å². The summed E-state index contributed by atoms with van der Waals surface area (Å²) in [5.41, 5.74) is 3.35. The Labute approximate surface area is 160 Å². The van der Waals surface area contributed by atoms with Gasteiger partial charge in [-0.05, 0) is 54.1 Å². The number of fused-ring (bicyclic) bond motifs is 1. The molecule has 1 amide bonds. The molecular formula is C21H29N3OS. The molecule has 1 aromatic heterocycles. The number of unbranched alkanes of at least 4 members (excludes halogenated alkanes) is 1. The van der Waals surface area contributed by atoms with Gasteiger partial charge in [-0.15, -0.1) is 11.3 Å². The van der Waals surface area contributed by atoms with Crippen molar-refractivity contribution < 1.29 is 4.79 Å². The number of anilines is 1. The summed E-state index contributed by atoms with van der Waals surface area (Å²) in [5, 5.41) is 5.24. The highest BCUT2D eigenvalue weighted by molar-refractivity contribution is 7.10. The van der Waals surface area contributed by atoms with Gasteiger partial charge in [-0.25, -0.2) is 0 Å². The Morgan fingerprint density at radius 3 is 2.85 bits per heavy atom. The Bertz CT molecular complexity index is 710. The number of hydrogen-bond donors (Lipinski definition) is 1. The molecule has 26 heavy (non-hydrogen) atoms. The third-order valence-corrected chi connectivity index (χ3v) is 6.04. The predicted octanol–water partition coefficient (Wildman–Crippen LogP) is 3.77. The second kappa shape index (κ2) is 9.19. The second-order valence-electron chi connectivity index (χ2n) is 6.97. The van der Waals surface area contributed by atoms with Gasteiger partial charge in [0, 0.05) is 55.9 Å². The van der Waals surface area contributed by atoms with Crippen molar-refractivity contribution in [2.24, 2.45) is 0 Å². The summed E-state index contributed by atoms with van der Waals surface area (Å²) in [6.07, 6.45) is 3.51. The van der Waals surface area contributed by atoms with Crippen LogP contribution >= 0.6 is 11.3 Å². The third kappa shape index (κ3) is 4.86. The lowest BCUT2D eigenvalue weighted by Gasteiger charge is -2.26. The minimum absolute atomic E-state index is 0.0148. The molecule has 0 unspecified atom stereocenters. The van der Waals surface area contributed by atoms with E-state index >= 15 is 0 Å². The number of rotatable bonds is 8. The number of nitrogens with one attached hydrogen (secondary N) is 1. The summed E-state index contributed by atoms with van der Waals surface area (Å²) < 4.78 is 0. The lowest BCUT2D eigenvalue weighted by Crippen LogP contribution is -2.37. The Hall–Kier alpha value is -1.85. The topological polar surface area (TPSA) is 35.6 Å². The van der Waals surface area contributed by atoms with Crippen LogP contribution in [0.5, 0.6) is 0 Å². The molecule has 0 atom stereocenters. The van der Waals surface area contributed by atoms with E-state index in [4.69, 9.17) is 0 Å². The highest BCUT2D eigenvalue weighted by atomic mass is 32.1. The van der Waals surface area contributed by atoms with Gasteiger partial charge in [-0.3, -0.25) is 9.69 Å². The molecule has 1 aliphatic heterocycles. The lowest BCUT2D eigenvalue weighted by atomic mass is 10.1. The molecule has 1 N–H and O–H groups in total. The smallest absolute Gasteiger partial charge is 0.251 e. The first-order valence-electron chi connectivity index (χ1n) is 9.54. The van der Waals surface area contributed by atoms with E-state index in [0.717, 1.165) is 43.9 Å². The lowest BCUT2D eigenvalue weighted by molar-refractivity contribution is 0.0947. The van der Waals surface area contributed by atoms with E-state index in [1.807, 2.05) is 35.6 Å². The van der Waals surface area contributed by atoms with Gasteiger partial charge in [0.1, 0.15) is 0 Å². The zero-order valence-electron chi connectivity index (χ0n) is 15.8. The Balaban J connectivity index is 1.43. The van der Waals surface area contributed by atoms with E-state index in [1.165, 1.54) is 23.3 Å². The molecule has 0 radical (unpaired) electrons. The monoisotopic (exact) mass is 371 g/mol. The molecule has 1 aromatic carbocycles. The van der Waals surface area contributed by atoms with Gasteiger partial charge >= 0.3 is 0 Å². The van der Waals surface area contributed by atoms with E-state index in [9.17, 15) is 4.79 Å². The van der Waals surface area contributed by atoms with Gasteiger partial charge in [-0.2, -0.15) is 0 Å². The average Bonchev–Trinajstić information content (AvgIpc) is 3.14. The van der Waals surface area contributed by atoms with Crippen LogP contribution in [0.15, 0.2) is 35.7 Å². The number of benzene rings is 1. The summed E-state index contributed by atoms with van der Waals surface area (Å²) >= 11 is 1.86. The third-order valence-electron chi connectivity index (χ3n) is 5.02. The molecule has 140 valence electrons. The van der Waals surface area contributed by atoms with Gasteiger partial charge in [0.2, 0.25) is 0 Å². The van der Waals surface area contributed by atoms with Crippen LogP contribution in [0.3, 0.4) is 0 Å². The Morgan fingerprint density at radius 2 is 2.08 bits per heavy atom. The van der Waals surface area contributed by atoms with Crippen LogP contribution in [0.2, 0.25) is 0 Å². The zero-order valence-corrected chi connectivity index (χ0v) is 16.6. The molecule has 0 bridgehead atoms. The molecule has 4 nitrogen and oxygen atoms in total. The van der Waals surface area contributed by atoms with Crippen molar-refractivity contribution in [1.29, 1.82) is 0 Å². The number of carbonyl (C=O) groups is 1. The normalized spacial score (nSPS) is 14.1. The summed E-state index contributed by atoms with van der Waals surface area (Å²) in [7, 11) is 2.10. The number of thiophene rings is 1. The molecule has 0 spiro atoms. The maximum Gasteiger partial charge on any atom is 0.251 e. The molecule has 0 saturated heterocycles. The van der Waals surface area contributed by atoms with Crippen molar-refractivity contribution in [2.45, 2.75) is 32.7 Å². The molecule has 1 aliphatic rings. The van der Waals surface area contributed by atoms with E-state index in [0.29, 0.717) is 6.54 Å². The predicted molar refractivity (Wildman–Crippen MR) is 110 cm³/mol. The minimum Gasteiger partial charge on any atom is -0.375 e. The summed E-state index contributed by atoms with van der Waals surface area (Å²) in [6, 6.07) is 10.1. The van der Waals surface area contributed by atoms with E-state index in [2.05, 4.69) is 40.5 Å². The van der Waals surface area contributed by atoms with Gasteiger partial charge < -0.3 is 10.2 Å². The fourth-order valence-corrected chi connectivity index (χ4v) is 4.21. The van der Waals surface area contributed by atoms with E-state index in [-0.39, 0.29) is 5.91 Å². The quantitative estimate of drug-likeness (QED) is 0.767. The molecule has 0 saturated carbocycles. The van der Waals surface area contributed by atoms with Crippen LogP contribution in [0.4, 0.5) is 5.69 Å². The SMILES string of the molecule is CCCCN(C)c1ccc(C(=O)NCCN2CCc3sccc3C2)cc1. The van der Waals surface area contributed by atoms with Crippen molar-refractivity contribution in [3.05, 3.63) is 51.7 Å². The molecule has 5 heteroatoms. The molecule has 2 heterocycles. The van der Waals surface area contributed by atoms with Crippen LogP contribution in [0, 0.1) is 0 Å². The van der Waals surface area contributed by atoms with Crippen molar-refractivity contribution in [2.75, 3.05) is 38.1 Å². The zero-order chi connectivity index (χ0) is 18.4. The van der Waals surface area contributed by atoms with Gasteiger partial charge in [0.25, 0.3) is 5.91 Å². The van der Waals surface area contributed by atoms with Gasteiger partial charge in [-0.1, -0.05) is 13.3 Å². The van der Waals surface area contributed by atoms with Crippen LogP contribution in [-0.4, -0.2) is 44.0 Å². The number of hydrogen-bond acceptors (Lipinski definition) is 4. The first-order valence-corrected chi connectivity index (χ1v) is 10.4. The maximum absolute atomic E-state index is 12.4. The molecule has 0 aliphatic carbocycles. The molecule has 3 rings (SSSR count). The molecule has 2 aromatic rings. The summed E-state index contributed by atoms with van der Waals surface area (Å²) in [4.78, 5) is 18.5. The van der Waals surface area contributed by atoms with Crippen LogP contribution in [0.25, 0.3) is 0 Å². The maximum atomic E-state index is 12.4. The average molecular weight is 372 g/mol. The van der Waals surface area contributed by atoms with Crippen LogP contribution < -0.4 is 10.2 Å². The second-order valence-corrected chi connectivity index (χ2v) is 7.97. The number of carbonyl (C=O) groups excluding carboxylic acids is 1. The van der Waals surface area contributed by atoms with Crippen molar-refractivity contribution in [1.82, 2.24) is 10.2 Å². The van der Waals surface area contributed by atoms with Crippen LogP contribution in [-0.2, 0) is 13.0 Å². The van der Waals surface area contributed by atoms with Crippen molar-refractivity contribution in [3.63, 3.8) is 0 Å². The molecular weight excluding hydrogens is 342 g/mol. The first-order chi connectivity index (χ1) is 12.7. The van der Waals surface area contributed by atoms with Crippen molar-refractivity contribution >= 4 is 22.9 Å². The van der Waals surface area contributed by atoms with Crippen molar-refractivity contribution in [3.8, 4) is 0 Å². The Kier molecular flexibility index (Phi) is 6.69. The highest BCUT2D eigenvalue weighted by Crippen LogP contribution is 2.23. The van der Waals surface area contributed by atoms with Crippen LogP contribution in [0.1, 0.15) is 40.6 Å². The summed E-state index contributed by atoms with van der Waals surface area (Å²) in [5.74, 6) is 0.0148. The summed E-state index contributed by atoms with van der Waals surface area (Å²) in [6.45, 7) is 6.93. The standard InChI is InChI=1S/C21H29N3OS/c1-3-4-12-23(2)19-7-5-17(6-8-19)21(25)22-11-14-24-13-9-20-18(16-24)10-15-26-20/h5-8,10,15H,3-4,9,11-14,16H2,1-2H3,(H,22,25). The van der Waals surface area contributed by atoms with Gasteiger partial charge in [0.15, 0.2) is 0 Å². The number of nitrogens with zero attached hydrogens (tertiary/aromatic N) is 2. The highest BCUT2D eigenvalue weighted by Gasteiger charge is 2.16. The first kappa shape index (κ1) is 18.9. The van der Waals surface area contributed by atoms with Gasteiger partial charge in [0.05, 0.1) is 0 Å². The van der Waals surface area contributed by atoms with E-state index in [1.54, 1.807) is 0 Å². The Morgan fingerprint density at radius 1 is 1.27 bits per heavy atom. The fraction of sp³-hybridized carbons (Fsp3) is 0.476. The molecule has 0 fully saturated rings. The number of amides is 1. The largest absolute Gasteiger partial charge is 0.375 e.